The van der Waals surface area contributed by atoms with Crippen molar-refractivity contribution in [2.45, 2.75) is 12.3 Å². The molecule has 12 heteroatoms. The van der Waals surface area contributed by atoms with Crippen molar-refractivity contribution in [2.24, 2.45) is 0 Å². The van der Waals surface area contributed by atoms with E-state index in [1.165, 1.54) is 6.20 Å². The van der Waals surface area contributed by atoms with Crippen LogP contribution in [0.15, 0.2) is 29.7 Å². The standard InChI is InChI=1S/C14H6Cl2F3N7/c15-7-1-6(14(17,18)19)2-8(16)12(7)26-22-5-11(25-26)13-23-9(3-20)10(4-21)24-13/h1-2,5,13,23-24H. The third-order valence-electron chi connectivity index (χ3n) is 3.40. The third kappa shape index (κ3) is 3.12. The Labute approximate surface area is 154 Å². The second-order valence-corrected chi connectivity index (χ2v) is 5.85. The van der Waals surface area contributed by atoms with E-state index in [0.29, 0.717) is 0 Å². The maximum Gasteiger partial charge on any atom is 0.416 e. The Morgan fingerprint density at radius 3 is 2.08 bits per heavy atom. The van der Waals surface area contributed by atoms with E-state index in [0.717, 1.165) is 16.9 Å². The average molecular weight is 400 g/mol. The van der Waals surface area contributed by atoms with Gasteiger partial charge in [-0.25, -0.2) is 0 Å². The van der Waals surface area contributed by atoms with Crippen molar-refractivity contribution in [1.82, 2.24) is 25.6 Å². The van der Waals surface area contributed by atoms with Crippen LogP contribution in [0.1, 0.15) is 17.4 Å². The fourth-order valence-electron chi connectivity index (χ4n) is 2.23. The molecule has 0 amide bonds. The molecule has 2 aromatic rings. The highest BCUT2D eigenvalue weighted by atomic mass is 35.5. The second-order valence-electron chi connectivity index (χ2n) is 5.04. The van der Waals surface area contributed by atoms with Gasteiger partial charge in [0.2, 0.25) is 0 Å². The molecule has 0 unspecified atom stereocenters. The van der Waals surface area contributed by atoms with E-state index < -0.39 is 17.9 Å². The molecule has 7 nitrogen and oxygen atoms in total. The van der Waals surface area contributed by atoms with Crippen LogP contribution in [0, 0.1) is 22.7 Å². The molecule has 0 radical (unpaired) electrons. The summed E-state index contributed by atoms with van der Waals surface area (Å²) in [5, 5.41) is 30.8. The minimum absolute atomic E-state index is 0.0282. The van der Waals surface area contributed by atoms with Gasteiger partial charge in [0.15, 0.2) is 0 Å². The van der Waals surface area contributed by atoms with Gasteiger partial charge in [0.05, 0.1) is 21.8 Å². The van der Waals surface area contributed by atoms with E-state index >= 15 is 0 Å². The maximum atomic E-state index is 12.8. The van der Waals surface area contributed by atoms with E-state index in [4.69, 9.17) is 33.7 Å². The molecule has 1 aromatic carbocycles. The van der Waals surface area contributed by atoms with Crippen LogP contribution in [0.4, 0.5) is 13.2 Å². The second kappa shape index (κ2) is 6.41. The summed E-state index contributed by atoms with van der Waals surface area (Å²) < 4.78 is 38.4. The fraction of sp³-hybridized carbons (Fsp3) is 0.143. The van der Waals surface area contributed by atoms with Gasteiger partial charge in [-0.1, -0.05) is 23.2 Å². The number of hydrogen-bond donors (Lipinski definition) is 2. The quantitative estimate of drug-likeness (QED) is 0.804. The first-order valence-electron chi connectivity index (χ1n) is 6.81. The summed E-state index contributed by atoms with van der Waals surface area (Å²) >= 11 is 11.8. The van der Waals surface area contributed by atoms with Gasteiger partial charge >= 0.3 is 6.18 Å². The topological polar surface area (TPSA) is 102 Å². The SMILES string of the molecule is N#CC1=C(C#N)NC(c2cnn(-c3c(Cl)cc(C(F)(F)F)cc3Cl)n2)N1. The summed E-state index contributed by atoms with van der Waals surface area (Å²) in [5.74, 6) is 0. The predicted octanol–water partition coefficient (Wildman–Crippen LogP) is 3.04. The molecule has 0 saturated heterocycles. The molecule has 1 aliphatic rings. The molecular weight excluding hydrogens is 394 g/mol. The van der Waals surface area contributed by atoms with Crippen molar-refractivity contribution < 1.29 is 13.2 Å². The fourth-order valence-corrected chi connectivity index (χ4v) is 2.87. The summed E-state index contributed by atoms with van der Waals surface area (Å²) in [5.41, 5.74) is -0.672. The predicted molar refractivity (Wildman–Crippen MR) is 83.6 cm³/mol. The first-order valence-corrected chi connectivity index (χ1v) is 7.56. The zero-order chi connectivity index (χ0) is 19.1. The molecule has 2 N–H and O–H groups in total. The number of aromatic nitrogens is 3. The summed E-state index contributed by atoms with van der Waals surface area (Å²) in [6, 6.07) is 5.09. The van der Waals surface area contributed by atoms with Crippen molar-refractivity contribution in [2.75, 3.05) is 0 Å². The molecule has 1 aromatic heterocycles. The van der Waals surface area contributed by atoms with Gasteiger partial charge in [-0.2, -0.15) is 28.8 Å². The molecular formula is C14H6Cl2F3N7. The lowest BCUT2D eigenvalue weighted by Crippen LogP contribution is -2.24. The zero-order valence-corrected chi connectivity index (χ0v) is 13.9. The van der Waals surface area contributed by atoms with Crippen LogP contribution in [0.25, 0.3) is 5.69 Å². The van der Waals surface area contributed by atoms with Gasteiger partial charge in [0.25, 0.3) is 0 Å². The molecule has 0 spiro atoms. The average Bonchev–Trinajstić information content (AvgIpc) is 3.19. The summed E-state index contributed by atoms with van der Waals surface area (Å²) in [4.78, 5) is 0.972. The molecule has 3 rings (SSSR count). The normalized spacial score (nSPS) is 14.6. The molecule has 2 heterocycles. The number of hydrogen-bond acceptors (Lipinski definition) is 6. The smallest absolute Gasteiger partial charge is 0.349 e. The number of halogens is 5. The van der Waals surface area contributed by atoms with Crippen molar-refractivity contribution in [3.05, 3.63) is 51.0 Å². The van der Waals surface area contributed by atoms with Gasteiger partial charge in [-0.3, -0.25) is 0 Å². The van der Waals surface area contributed by atoms with Gasteiger partial charge in [0, 0.05) is 0 Å². The summed E-state index contributed by atoms with van der Waals surface area (Å²) in [6.45, 7) is 0. The molecule has 26 heavy (non-hydrogen) atoms. The summed E-state index contributed by atoms with van der Waals surface area (Å²) in [7, 11) is 0. The maximum absolute atomic E-state index is 12.8. The van der Waals surface area contributed by atoms with Gasteiger partial charge in [0.1, 0.15) is 41.1 Å². The Morgan fingerprint density at radius 1 is 1.08 bits per heavy atom. The number of rotatable bonds is 2. The molecule has 0 aliphatic carbocycles. The van der Waals surface area contributed by atoms with Gasteiger partial charge in [-0.05, 0) is 12.1 Å². The Balaban J connectivity index is 1.93. The van der Waals surface area contributed by atoms with Crippen LogP contribution in [-0.2, 0) is 6.18 Å². The van der Waals surface area contributed by atoms with Crippen molar-refractivity contribution in [3.63, 3.8) is 0 Å². The van der Waals surface area contributed by atoms with E-state index in [9.17, 15) is 13.2 Å². The van der Waals surface area contributed by atoms with Crippen molar-refractivity contribution >= 4 is 23.2 Å². The van der Waals surface area contributed by atoms with Crippen LogP contribution in [0.2, 0.25) is 10.0 Å². The van der Waals surface area contributed by atoms with E-state index in [1.54, 1.807) is 0 Å². The minimum Gasteiger partial charge on any atom is -0.349 e. The van der Waals surface area contributed by atoms with E-state index in [-0.39, 0.29) is 32.8 Å². The van der Waals surface area contributed by atoms with Crippen molar-refractivity contribution in [1.29, 1.82) is 10.5 Å². The molecule has 0 atom stereocenters. The van der Waals surface area contributed by atoms with Crippen LogP contribution >= 0.6 is 23.2 Å². The molecule has 1 aliphatic heterocycles. The first kappa shape index (κ1) is 17.9. The zero-order valence-electron chi connectivity index (χ0n) is 12.4. The van der Waals surface area contributed by atoms with Gasteiger partial charge in [-0.15, -0.1) is 9.90 Å². The van der Waals surface area contributed by atoms with Crippen molar-refractivity contribution in [3.8, 4) is 17.8 Å². The first-order chi connectivity index (χ1) is 12.2. The van der Waals surface area contributed by atoms with E-state index in [2.05, 4.69) is 20.8 Å². The van der Waals surface area contributed by atoms with Crippen LogP contribution in [-0.4, -0.2) is 15.0 Å². The molecule has 132 valence electrons. The number of alkyl halides is 3. The lowest BCUT2D eigenvalue weighted by Gasteiger charge is -2.12. The lowest BCUT2D eigenvalue weighted by molar-refractivity contribution is -0.137. The number of nitrogens with one attached hydrogen (secondary N) is 2. The minimum atomic E-state index is -4.60. The van der Waals surface area contributed by atoms with Crippen LogP contribution in [0.3, 0.4) is 0 Å². The third-order valence-corrected chi connectivity index (χ3v) is 3.98. The number of nitriles is 2. The van der Waals surface area contributed by atoms with Crippen LogP contribution < -0.4 is 10.6 Å². The highest BCUT2D eigenvalue weighted by Gasteiger charge is 2.33. The lowest BCUT2D eigenvalue weighted by atomic mass is 10.2. The number of nitrogens with zero attached hydrogens (tertiary/aromatic N) is 5. The Kier molecular flexibility index (Phi) is 4.40. The molecule has 0 saturated carbocycles. The number of benzene rings is 1. The highest BCUT2D eigenvalue weighted by molar-refractivity contribution is 6.37. The van der Waals surface area contributed by atoms with E-state index in [1.807, 2.05) is 12.1 Å². The highest BCUT2D eigenvalue weighted by Crippen LogP contribution is 2.37. The number of allylic oxidation sites excluding steroid dienone is 2. The van der Waals surface area contributed by atoms with Gasteiger partial charge < -0.3 is 10.6 Å². The Bertz CT molecular complexity index is 948. The Morgan fingerprint density at radius 2 is 1.62 bits per heavy atom. The molecule has 0 bridgehead atoms. The largest absolute Gasteiger partial charge is 0.416 e. The molecule has 0 fully saturated rings. The monoisotopic (exact) mass is 399 g/mol. The van der Waals surface area contributed by atoms with Crippen LogP contribution in [0.5, 0.6) is 0 Å². The summed E-state index contributed by atoms with van der Waals surface area (Å²) in [6.07, 6.45) is -4.01. The Hall–Kier alpha value is -2.95.